The molecule has 1 amide bonds. The molecule has 0 aromatic carbocycles. The van der Waals surface area contributed by atoms with Gasteiger partial charge in [0.05, 0.1) is 18.8 Å². The van der Waals surface area contributed by atoms with Crippen molar-refractivity contribution in [1.82, 2.24) is 5.32 Å². The molecule has 0 spiro atoms. The molecule has 0 fully saturated rings. The number of hydrogen-bond donors (Lipinski definition) is 3. The quantitative estimate of drug-likeness (QED) is 0.0420. The fourth-order valence-electron chi connectivity index (χ4n) is 9.56. The zero-order valence-electron chi connectivity index (χ0n) is 48.6. The number of aliphatic hydroxyl groups is 2. The third-order valence-corrected chi connectivity index (χ3v) is 14.4. The second kappa shape index (κ2) is 63.6. The molecule has 0 heterocycles. The standard InChI is InChI=1S/C69H123NO3/c1-3-5-7-9-11-13-15-17-19-21-23-25-27-28-29-30-31-32-33-34-35-36-37-38-39-40-41-42-43-45-47-49-51-53-55-57-59-61-63-65-69(73)70-67(66-71)68(72)64-62-60-58-56-54-52-50-48-46-44-26-24-22-20-18-16-14-12-10-8-6-4-2/h5,7,11,13,17,19,23,25,28-29,31-32,34-35,37-38,67-68,71-72H,3-4,6,8-10,12,14-16,18,20-22,24,26-27,30,33,36,39-66H2,1-2H3,(H,70,73)/b7-5-,13-11-,19-17-,25-23-,29-28-,32-31-,35-34-,38-37-. The van der Waals surface area contributed by atoms with Crippen LogP contribution < -0.4 is 5.32 Å². The first-order valence-electron chi connectivity index (χ1n) is 31.9. The van der Waals surface area contributed by atoms with Gasteiger partial charge >= 0.3 is 0 Å². The van der Waals surface area contributed by atoms with Crippen LogP contribution in [0.5, 0.6) is 0 Å². The molecule has 0 bridgehead atoms. The van der Waals surface area contributed by atoms with Crippen LogP contribution in [0.1, 0.15) is 316 Å². The summed E-state index contributed by atoms with van der Waals surface area (Å²) < 4.78 is 0. The molecule has 4 heteroatoms. The van der Waals surface area contributed by atoms with Gasteiger partial charge in [0.15, 0.2) is 0 Å². The summed E-state index contributed by atoms with van der Waals surface area (Å²) in [5.41, 5.74) is 0. The molecule has 422 valence electrons. The van der Waals surface area contributed by atoms with Crippen LogP contribution >= 0.6 is 0 Å². The van der Waals surface area contributed by atoms with Gasteiger partial charge in [0.25, 0.3) is 0 Å². The summed E-state index contributed by atoms with van der Waals surface area (Å²) in [7, 11) is 0. The van der Waals surface area contributed by atoms with Crippen LogP contribution in [0.25, 0.3) is 0 Å². The lowest BCUT2D eigenvalue weighted by molar-refractivity contribution is -0.123. The van der Waals surface area contributed by atoms with Crippen molar-refractivity contribution in [1.29, 1.82) is 0 Å². The van der Waals surface area contributed by atoms with E-state index in [0.717, 1.165) is 77.0 Å². The van der Waals surface area contributed by atoms with E-state index in [1.807, 2.05) is 0 Å². The molecule has 0 saturated carbocycles. The molecule has 0 aromatic rings. The maximum absolute atomic E-state index is 12.5. The van der Waals surface area contributed by atoms with Crippen molar-refractivity contribution in [2.75, 3.05) is 6.61 Å². The molecule has 0 aromatic heterocycles. The van der Waals surface area contributed by atoms with E-state index in [-0.39, 0.29) is 12.5 Å². The SMILES string of the molecule is CC/C=C\C/C=C\C/C=C\C/C=C\C/C=C\C/C=C\C/C=C\C/C=C\CCCCCCCCCCCCCCCCC(=O)NC(CO)C(O)CCCCCCCCCCCCCCCCCCCCCCCC. The van der Waals surface area contributed by atoms with E-state index in [9.17, 15) is 15.0 Å². The highest BCUT2D eigenvalue weighted by atomic mass is 16.3. The van der Waals surface area contributed by atoms with Gasteiger partial charge in [-0.05, 0) is 77.0 Å². The molecule has 0 aliphatic heterocycles. The van der Waals surface area contributed by atoms with E-state index >= 15 is 0 Å². The van der Waals surface area contributed by atoms with E-state index in [0.29, 0.717) is 12.8 Å². The van der Waals surface area contributed by atoms with Gasteiger partial charge in [-0.15, -0.1) is 0 Å². The van der Waals surface area contributed by atoms with Crippen LogP contribution in [-0.2, 0) is 4.79 Å². The predicted molar refractivity (Wildman–Crippen MR) is 326 cm³/mol. The highest BCUT2D eigenvalue weighted by Crippen LogP contribution is 2.18. The molecule has 0 aliphatic rings. The van der Waals surface area contributed by atoms with Gasteiger partial charge in [-0.2, -0.15) is 0 Å². The Morgan fingerprint density at radius 3 is 0.904 bits per heavy atom. The van der Waals surface area contributed by atoms with Crippen molar-refractivity contribution >= 4 is 5.91 Å². The summed E-state index contributed by atoms with van der Waals surface area (Å²) in [5, 5.41) is 23.4. The fourth-order valence-corrected chi connectivity index (χ4v) is 9.56. The first-order valence-corrected chi connectivity index (χ1v) is 31.9. The highest BCUT2D eigenvalue weighted by molar-refractivity contribution is 5.76. The molecular formula is C69H123NO3. The minimum Gasteiger partial charge on any atom is -0.394 e. The summed E-state index contributed by atoms with van der Waals surface area (Å²) in [6, 6.07) is -0.542. The molecule has 0 rings (SSSR count). The first-order chi connectivity index (χ1) is 36.2. The Labute approximate surface area is 455 Å². The molecule has 2 unspecified atom stereocenters. The summed E-state index contributed by atoms with van der Waals surface area (Å²) in [6.07, 6.45) is 94.2. The van der Waals surface area contributed by atoms with Gasteiger partial charge in [-0.3, -0.25) is 4.79 Å². The number of unbranched alkanes of at least 4 members (excludes halogenated alkanes) is 35. The first kappa shape index (κ1) is 70.3. The smallest absolute Gasteiger partial charge is 0.220 e. The van der Waals surface area contributed by atoms with Crippen LogP contribution in [0.4, 0.5) is 0 Å². The Balaban J connectivity index is 3.49. The molecular weight excluding hydrogens is 891 g/mol. The average Bonchev–Trinajstić information content (AvgIpc) is 3.40. The highest BCUT2D eigenvalue weighted by Gasteiger charge is 2.20. The second-order valence-electron chi connectivity index (χ2n) is 21.5. The third-order valence-electron chi connectivity index (χ3n) is 14.4. The minimum absolute atomic E-state index is 0.0311. The van der Waals surface area contributed by atoms with E-state index in [4.69, 9.17) is 0 Å². The molecule has 0 aliphatic carbocycles. The van der Waals surface area contributed by atoms with E-state index in [1.54, 1.807) is 0 Å². The van der Waals surface area contributed by atoms with E-state index < -0.39 is 12.1 Å². The lowest BCUT2D eigenvalue weighted by atomic mass is 10.0. The van der Waals surface area contributed by atoms with Crippen molar-refractivity contribution < 1.29 is 15.0 Å². The van der Waals surface area contributed by atoms with Crippen molar-refractivity contribution in [3.8, 4) is 0 Å². The van der Waals surface area contributed by atoms with Crippen molar-refractivity contribution in [2.24, 2.45) is 0 Å². The van der Waals surface area contributed by atoms with Crippen molar-refractivity contribution in [3.05, 3.63) is 97.2 Å². The summed E-state index contributed by atoms with van der Waals surface area (Å²) in [5.74, 6) is -0.0311. The van der Waals surface area contributed by atoms with Crippen molar-refractivity contribution in [3.63, 3.8) is 0 Å². The monoisotopic (exact) mass is 1010 g/mol. The fraction of sp³-hybridized carbons (Fsp3) is 0.754. The Morgan fingerprint density at radius 1 is 0.342 bits per heavy atom. The molecule has 3 N–H and O–H groups in total. The van der Waals surface area contributed by atoms with E-state index in [2.05, 4.69) is 116 Å². The number of rotatable bonds is 58. The van der Waals surface area contributed by atoms with Crippen LogP contribution in [-0.4, -0.2) is 34.9 Å². The normalized spacial score (nSPS) is 13.4. The van der Waals surface area contributed by atoms with Gasteiger partial charge in [0, 0.05) is 6.42 Å². The zero-order chi connectivity index (χ0) is 52.7. The number of hydrogen-bond acceptors (Lipinski definition) is 3. The lowest BCUT2D eigenvalue weighted by Gasteiger charge is -2.22. The van der Waals surface area contributed by atoms with Crippen LogP contribution in [0.15, 0.2) is 97.2 Å². The Bertz CT molecular complexity index is 1330. The predicted octanol–water partition coefficient (Wildman–Crippen LogP) is 21.6. The van der Waals surface area contributed by atoms with Crippen LogP contribution in [0, 0.1) is 0 Å². The largest absolute Gasteiger partial charge is 0.394 e. The number of carbonyl (C=O) groups excluding carboxylic acids is 1. The Kier molecular flexibility index (Phi) is 61.3. The van der Waals surface area contributed by atoms with Gasteiger partial charge in [0.2, 0.25) is 5.91 Å². The summed E-state index contributed by atoms with van der Waals surface area (Å²) in [6.45, 7) is 4.27. The van der Waals surface area contributed by atoms with E-state index in [1.165, 1.54) is 212 Å². The number of aliphatic hydroxyl groups excluding tert-OH is 2. The molecule has 73 heavy (non-hydrogen) atoms. The van der Waals surface area contributed by atoms with Gasteiger partial charge < -0.3 is 15.5 Å². The average molecular weight is 1010 g/mol. The van der Waals surface area contributed by atoms with Gasteiger partial charge in [-0.25, -0.2) is 0 Å². The topological polar surface area (TPSA) is 69.6 Å². The number of carbonyl (C=O) groups is 1. The maximum Gasteiger partial charge on any atom is 0.220 e. The lowest BCUT2D eigenvalue weighted by Crippen LogP contribution is -2.45. The van der Waals surface area contributed by atoms with Crippen LogP contribution in [0.2, 0.25) is 0 Å². The molecule has 0 radical (unpaired) electrons. The Morgan fingerprint density at radius 2 is 0.603 bits per heavy atom. The number of allylic oxidation sites excluding steroid dienone is 16. The summed E-state index contributed by atoms with van der Waals surface area (Å²) in [4.78, 5) is 12.5. The van der Waals surface area contributed by atoms with Crippen molar-refractivity contribution in [2.45, 2.75) is 328 Å². The second-order valence-corrected chi connectivity index (χ2v) is 21.5. The number of nitrogens with one attached hydrogen (secondary N) is 1. The summed E-state index contributed by atoms with van der Waals surface area (Å²) >= 11 is 0. The zero-order valence-corrected chi connectivity index (χ0v) is 48.6. The Hall–Kier alpha value is -2.69. The maximum atomic E-state index is 12.5. The molecule has 0 saturated heterocycles. The molecule has 2 atom stereocenters. The van der Waals surface area contributed by atoms with Gasteiger partial charge in [-0.1, -0.05) is 329 Å². The number of amides is 1. The van der Waals surface area contributed by atoms with Crippen LogP contribution in [0.3, 0.4) is 0 Å². The molecule has 4 nitrogen and oxygen atoms in total. The third kappa shape index (κ3) is 60.1. The van der Waals surface area contributed by atoms with Gasteiger partial charge in [0.1, 0.15) is 0 Å². The minimum atomic E-state index is -0.665.